The van der Waals surface area contributed by atoms with Crippen molar-refractivity contribution in [1.82, 2.24) is 5.32 Å². The lowest BCUT2D eigenvalue weighted by atomic mass is 9.86. The summed E-state index contributed by atoms with van der Waals surface area (Å²) >= 11 is 0. The minimum atomic E-state index is -2.94. The van der Waals surface area contributed by atoms with E-state index in [0.717, 1.165) is 6.07 Å². The Balaban J connectivity index is 2.13. The normalized spacial score (nSPS) is 22.9. The Morgan fingerprint density at radius 1 is 1.30 bits per heavy atom. The Kier molecular flexibility index (Phi) is 4.75. The van der Waals surface area contributed by atoms with Gasteiger partial charge in [0.25, 0.3) is 0 Å². The highest BCUT2D eigenvalue weighted by atomic mass is 32.2. The van der Waals surface area contributed by atoms with Crippen LogP contribution in [0.2, 0.25) is 0 Å². The lowest BCUT2D eigenvalue weighted by Crippen LogP contribution is -2.28. The molecule has 1 N–H and O–H groups in total. The van der Waals surface area contributed by atoms with Crippen LogP contribution in [0, 0.1) is 23.5 Å². The number of benzene rings is 1. The number of halogens is 2. The highest BCUT2D eigenvalue weighted by molar-refractivity contribution is 7.91. The number of sulfone groups is 1. The van der Waals surface area contributed by atoms with E-state index in [9.17, 15) is 17.2 Å². The van der Waals surface area contributed by atoms with Crippen LogP contribution in [0.4, 0.5) is 8.78 Å². The van der Waals surface area contributed by atoms with E-state index < -0.39 is 21.5 Å². The van der Waals surface area contributed by atoms with E-state index in [1.807, 2.05) is 0 Å². The van der Waals surface area contributed by atoms with Gasteiger partial charge in [0, 0.05) is 6.07 Å². The molecule has 0 radical (unpaired) electrons. The van der Waals surface area contributed by atoms with E-state index in [4.69, 9.17) is 0 Å². The number of rotatable bonds is 5. The summed E-state index contributed by atoms with van der Waals surface area (Å²) in [6.45, 7) is 0.637. The summed E-state index contributed by atoms with van der Waals surface area (Å²) < 4.78 is 49.6. The van der Waals surface area contributed by atoms with Crippen molar-refractivity contribution in [2.75, 3.05) is 25.1 Å². The van der Waals surface area contributed by atoms with Crippen LogP contribution >= 0.6 is 0 Å². The lowest BCUT2D eigenvalue weighted by Gasteiger charge is -2.22. The molecule has 0 bridgehead atoms. The van der Waals surface area contributed by atoms with Crippen molar-refractivity contribution in [2.24, 2.45) is 11.8 Å². The zero-order valence-corrected chi connectivity index (χ0v) is 12.2. The minimum absolute atomic E-state index is 0.0544. The summed E-state index contributed by atoms with van der Waals surface area (Å²) in [6, 6.07) is 3.47. The van der Waals surface area contributed by atoms with Gasteiger partial charge in [-0.05, 0) is 56.0 Å². The number of nitrogens with one attached hydrogen (secondary N) is 1. The highest BCUT2D eigenvalue weighted by Crippen LogP contribution is 2.28. The SMILES string of the molecule is CNCC(Cc1cc(F)cc(F)c1)C1CCS(=O)(=O)C1. The van der Waals surface area contributed by atoms with Gasteiger partial charge in [0.15, 0.2) is 9.84 Å². The van der Waals surface area contributed by atoms with Crippen LogP contribution in [-0.4, -0.2) is 33.5 Å². The second-order valence-corrected chi connectivity index (χ2v) is 7.69. The molecule has 2 rings (SSSR count). The Bertz CT molecular complexity index is 554. The van der Waals surface area contributed by atoms with E-state index >= 15 is 0 Å². The third kappa shape index (κ3) is 3.99. The van der Waals surface area contributed by atoms with Gasteiger partial charge in [-0.15, -0.1) is 0 Å². The van der Waals surface area contributed by atoms with Crippen LogP contribution in [0.25, 0.3) is 0 Å². The van der Waals surface area contributed by atoms with E-state index in [2.05, 4.69) is 5.32 Å². The molecule has 3 nitrogen and oxygen atoms in total. The van der Waals surface area contributed by atoms with E-state index in [-0.39, 0.29) is 23.3 Å². The summed E-state index contributed by atoms with van der Waals surface area (Å²) in [6.07, 6.45) is 1.11. The molecule has 0 spiro atoms. The summed E-state index contributed by atoms with van der Waals surface area (Å²) in [7, 11) is -1.15. The van der Waals surface area contributed by atoms with Gasteiger partial charge in [-0.3, -0.25) is 0 Å². The van der Waals surface area contributed by atoms with Crippen molar-refractivity contribution in [3.05, 3.63) is 35.4 Å². The molecule has 1 fully saturated rings. The Morgan fingerprint density at radius 3 is 2.45 bits per heavy atom. The predicted molar refractivity (Wildman–Crippen MR) is 74.2 cm³/mol. The highest BCUT2D eigenvalue weighted by Gasteiger charge is 2.33. The molecule has 0 aromatic heterocycles. The molecule has 1 saturated heterocycles. The third-order valence-electron chi connectivity index (χ3n) is 3.82. The second-order valence-electron chi connectivity index (χ2n) is 5.46. The minimum Gasteiger partial charge on any atom is -0.319 e. The molecular weight excluding hydrogens is 284 g/mol. The molecule has 1 aliphatic heterocycles. The summed E-state index contributed by atoms with van der Waals surface area (Å²) in [4.78, 5) is 0. The van der Waals surface area contributed by atoms with E-state index in [1.165, 1.54) is 12.1 Å². The largest absolute Gasteiger partial charge is 0.319 e. The molecular formula is C14H19F2NO2S. The van der Waals surface area contributed by atoms with Crippen LogP contribution < -0.4 is 5.32 Å². The van der Waals surface area contributed by atoms with Gasteiger partial charge in [-0.2, -0.15) is 0 Å². The molecule has 1 aromatic rings. The Morgan fingerprint density at radius 2 is 1.95 bits per heavy atom. The molecule has 6 heteroatoms. The second kappa shape index (κ2) is 6.18. The Hall–Kier alpha value is -1.01. The molecule has 112 valence electrons. The van der Waals surface area contributed by atoms with Crippen molar-refractivity contribution in [1.29, 1.82) is 0 Å². The molecule has 20 heavy (non-hydrogen) atoms. The summed E-state index contributed by atoms with van der Waals surface area (Å²) in [5.74, 6) is -0.672. The first-order chi connectivity index (χ1) is 9.39. The van der Waals surface area contributed by atoms with Crippen molar-refractivity contribution in [3.63, 3.8) is 0 Å². The van der Waals surface area contributed by atoms with Gasteiger partial charge < -0.3 is 5.32 Å². The molecule has 1 aliphatic rings. The number of hydrogen-bond acceptors (Lipinski definition) is 3. The quantitative estimate of drug-likeness (QED) is 0.902. The van der Waals surface area contributed by atoms with Crippen molar-refractivity contribution < 1.29 is 17.2 Å². The van der Waals surface area contributed by atoms with Crippen molar-refractivity contribution >= 4 is 9.84 Å². The first-order valence-corrected chi connectivity index (χ1v) is 8.52. The smallest absolute Gasteiger partial charge is 0.150 e. The van der Waals surface area contributed by atoms with Gasteiger partial charge in [-0.25, -0.2) is 17.2 Å². The molecule has 1 heterocycles. The maximum atomic E-state index is 13.2. The molecule has 0 amide bonds. The molecule has 0 saturated carbocycles. The number of hydrogen-bond donors (Lipinski definition) is 1. The van der Waals surface area contributed by atoms with Crippen molar-refractivity contribution in [2.45, 2.75) is 12.8 Å². The van der Waals surface area contributed by atoms with Gasteiger partial charge in [-0.1, -0.05) is 0 Å². The monoisotopic (exact) mass is 303 g/mol. The maximum Gasteiger partial charge on any atom is 0.150 e. The lowest BCUT2D eigenvalue weighted by molar-refractivity contribution is 0.351. The fourth-order valence-electron chi connectivity index (χ4n) is 2.89. The van der Waals surface area contributed by atoms with Gasteiger partial charge >= 0.3 is 0 Å². The topological polar surface area (TPSA) is 46.2 Å². The van der Waals surface area contributed by atoms with E-state index in [0.29, 0.717) is 24.9 Å². The van der Waals surface area contributed by atoms with Crippen LogP contribution in [0.3, 0.4) is 0 Å². The maximum absolute atomic E-state index is 13.2. The van der Waals surface area contributed by atoms with E-state index in [1.54, 1.807) is 7.05 Å². The van der Waals surface area contributed by atoms with Crippen molar-refractivity contribution in [3.8, 4) is 0 Å². The fraction of sp³-hybridized carbons (Fsp3) is 0.571. The summed E-state index contributed by atoms with van der Waals surface area (Å²) in [5, 5.41) is 3.04. The van der Waals surface area contributed by atoms with Gasteiger partial charge in [0.2, 0.25) is 0 Å². The fourth-order valence-corrected chi connectivity index (χ4v) is 4.81. The molecule has 2 unspecified atom stereocenters. The first-order valence-electron chi connectivity index (χ1n) is 6.69. The third-order valence-corrected chi connectivity index (χ3v) is 5.61. The van der Waals surface area contributed by atoms with Gasteiger partial charge in [0.05, 0.1) is 11.5 Å². The summed E-state index contributed by atoms with van der Waals surface area (Å²) in [5.41, 5.74) is 0.576. The molecule has 1 aromatic carbocycles. The standard InChI is InChI=1S/C14H19F2NO2S/c1-17-8-12(11-2-3-20(18,19)9-11)4-10-5-13(15)7-14(16)6-10/h5-7,11-12,17H,2-4,8-9H2,1H3. The first kappa shape index (κ1) is 15.4. The van der Waals surface area contributed by atoms with Gasteiger partial charge in [0.1, 0.15) is 11.6 Å². The molecule has 2 atom stereocenters. The molecule has 0 aliphatic carbocycles. The predicted octanol–water partition coefficient (Wildman–Crippen LogP) is 1.78. The van der Waals surface area contributed by atoms with Crippen LogP contribution in [-0.2, 0) is 16.3 Å². The van der Waals surface area contributed by atoms with Crippen LogP contribution in [0.15, 0.2) is 18.2 Å². The van der Waals surface area contributed by atoms with Crippen LogP contribution in [0.1, 0.15) is 12.0 Å². The van der Waals surface area contributed by atoms with Crippen LogP contribution in [0.5, 0.6) is 0 Å². The average molecular weight is 303 g/mol. The zero-order valence-electron chi connectivity index (χ0n) is 11.4. The average Bonchev–Trinajstić information content (AvgIpc) is 2.68. The zero-order chi connectivity index (χ0) is 14.8. The Labute approximate surface area is 118 Å².